The lowest BCUT2D eigenvalue weighted by atomic mass is 10.5. The highest BCUT2D eigenvalue weighted by Gasteiger charge is 2.05. The minimum atomic E-state index is -0.666. The van der Waals surface area contributed by atoms with Gasteiger partial charge < -0.3 is 0 Å². The molecule has 64 valence electrons. The number of pyridine rings is 1. The molecule has 0 bridgehead atoms. The van der Waals surface area contributed by atoms with Gasteiger partial charge in [-0.05, 0) is 37.9 Å². The van der Waals surface area contributed by atoms with Crippen molar-refractivity contribution in [2.45, 2.75) is 0 Å². The molecule has 0 unspecified atom stereocenters. The maximum atomic E-state index is 10.0. The van der Waals surface area contributed by atoms with Crippen molar-refractivity contribution in [3.05, 3.63) is 31.3 Å². The fraction of sp³-hybridized carbons (Fsp3) is 0. The van der Waals surface area contributed by atoms with E-state index in [9.17, 15) is 10.1 Å². The summed E-state index contributed by atoms with van der Waals surface area (Å²) in [5, 5.41) is 9.36. The van der Waals surface area contributed by atoms with Crippen molar-refractivity contribution >= 4 is 37.7 Å². The molecule has 0 amide bonds. The molecular formula is C5H3Br2N3O2. The van der Waals surface area contributed by atoms with Gasteiger partial charge in [0.1, 0.15) is 0 Å². The summed E-state index contributed by atoms with van der Waals surface area (Å²) in [6.07, 6.45) is 1.47. The molecule has 0 fully saturated rings. The Bertz CT molecular complexity index is 318. The molecule has 0 radical (unpaired) electrons. The average molecular weight is 297 g/mol. The van der Waals surface area contributed by atoms with Crippen LogP contribution in [0.1, 0.15) is 0 Å². The van der Waals surface area contributed by atoms with Gasteiger partial charge in [-0.15, -0.1) is 0 Å². The molecule has 0 aliphatic heterocycles. The highest BCUT2D eigenvalue weighted by Crippen LogP contribution is 2.22. The first kappa shape index (κ1) is 9.40. The smallest absolute Gasteiger partial charge is 0.204 e. The molecule has 0 aromatic carbocycles. The lowest BCUT2D eigenvalue weighted by Gasteiger charge is -1.98. The molecule has 1 N–H and O–H groups in total. The summed E-state index contributed by atoms with van der Waals surface area (Å²) < 4.78 is 1.29. The van der Waals surface area contributed by atoms with Crippen molar-refractivity contribution in [2.24, 2.45) is 0 Å². The topological polar surface area (TPSA) is 68.1 Å². The van der Waals surface area contributed by atoms with Crippen LogP contribution < -0.4 is 5.43 Å². The molecule has 0 aliphatic rings. The standard InChI is InChI=1S/C5H3Br2N3O2/c6-3-1-4(7)5(8-2-3)9-10(11)12/h1-2H,(H,8,9). The molecule has 12 heavy (non-hydrogen) atoms. The number of nitrogens with zero attached hydrogens (tertiary/aromatic N) is 2. The van der Waals surface area contributed by atoms with Gasteiger partial charge in [-0.3, -0.25) is 0 Å². The second-order valence-electron chi connectivity index (χ2n) is 1.85. The minimum Gasteiger partial charge on any atom is -0.234 e. The SMILES string of the molecule is O=[N+]([O-])Nc1ncc(Br)cc1Br. The Labute approximate surface area is 84.6 Å². The van der Waals surface area contributed by atoms with E-state index in [1.54, 1.807) is 6.07 Å². The Morgan fingerprint density at radius 3 is 2.75 bits per heavy atom. The van der Waals surface area contributed by atoms with Gasteiger partial charge in [0.15, 0.2) is 5.03 Å². The molecule has 1 aromatic heterocycles. The molecule has 1 rings (SSSR count). The highest BCUT2D eigenvalue weighted by atomic mass is 79.9. The van der Waals surface area contributed by atoms with E-state index in [0.29, 0.717) is 4.47 Å². The van der Waals surface area contributed by atoms with Crippen LogP contribution in [0.5, 0.6) is 0 Å². The predicted octanol–water partition coefficient (Wildman–Crippen LogP) is 2.21. The first-order chi connectivity index (χ1) is 5.59. The van der Waals surface area contributed by atoms with Gasteiger partial charge in [0.05, 0.1) is 4.47 Å². The van der Waals surface area contributed by atoms with Gasteiger partial charge >= 0.3 is 0 Å². The number of anilines is 1. The number of halogens is 2. The van der Waals surface area contributed by atoms with Crippen molar-refractivity contribution in [1.82, 2.24) is 4.98 Å². The summed E-state index contributed by atoms with van der Waals surface area (Å²) in [5.74, 6) is 0.184. The number of rotatable bonds is 2. The molecule has 0 saturated heterocycles. The summed E-state index contributed by atoms with van der Waals surface area (Å²) in [6, 6.07) is 1.67. The number of nitro groups is 1. The van der Waals surface area contributed by atoms with E-state index >= 15 is 0 Å². The maximum Gasteiger partial charge on any atom is 0.204 e. The Kier molecular flexibility index (Phi) is 2.99. The van der Waals surface area contributed by atoms with Crippen molar-refractivity contribution in [3.63, 3.8) is 0 Å². The molecule has 0 aliphatic carbocycles. The Balaban J connectivity index is 2.93. The lowest BCUT2D eigenvalue weighted by Crippen LogP contribution is -2.09. The number of nitrogens with one attached hydrogen (secondary N) is 1. The average Bonchev–Trinajstić information content (AvgIpc) is 1.94. The first-order valence-corrected chi connectivity index (χ1v) is 4.40. The fourth-order valence-electron chi connectivity index (χ4n) is 0.583. The fourth-order valence-corrected chi connectivity index (χ4v) is 1.66. The largest absolute Gasteiger partial charge is 0.234 e. The zero-order valence-corrected chi connectivity index (χ0v) is 8.79. The zero-order valence-electron chi connectivity index (χ0n) is 5.62. The highest BCUT2D eigenvalue weighted by molar-refractivity contribution is 9.11. The Morgan fingerprint density at radius 2 is 2.25 bits per heavy atom. The van der Waals surface area contributed by atoms with Crippen LogP contribution in [-0.4, -0.2) is 10.0 Å². The van der Waals surface area contributed by atoms with Crippen LogP contribution >= 0.6 is 31.9 Å². The summed E-state index contributed by atoms with van der Waals surface area (Å²) in [7, 11) is 0. The lowest BCUT2D eigenvalue weighted by molar-refractivity contribution is -0.445. The van der Waals surface area contributed by atoms with Gasteiger partial charge in [0, 0.05) is 10.7 Å². The van der Waals surface area contributed by atoms with Crippen molar-refractivity contribution in [3.8, 4) is 0 Å². The molecular weight excluding hydrogens is 294 g/mol. The molecule has 7 heteroatoms. The van der Waals surface area contributed by atoms with E-state index in [-0.39, 0.29) is 5.82 Å². The Morgan fingerprint density at radius 1 is 1.58 bits per heavy atom. The number of aromatic nitrogens is 1. The molecule has 1 aromatic rings. The van der Waals surface area contributed by atoms with Crippen molar-refractivity contribution in [1.29, 1.82) is 0 Å². The van der Waals surface area contributed by atoms with Crippen LogP contribution in [0.25, 0.3) is 0 Å². The predicted molar refractivity (Wildman–Crippen MR) is 50.3 cm³/mol. The second kappa shape index (κ2) is 3.81. The van der Waals surface area contributed by atoms with Crippen molar-refractivity contribution in [2.75, 3.05) is 5.43 Å². The minimum absolute atomic E-state index is 0.184. The molecule has 1 heterocycles. The van der Waals surface area contributed by atoms with Gasteiger partial charge in [-0.1, -0.05) is 5.43 Å². The van der Waals surface area contributed by atoms with Gasteiger partial charge in [-0.2, -0.15) is 0 Å². The third-order valence-electron chi connectivity index (χ3n) is 1.01. The van der Waals surface area contributed by atoms with Gasteiger partial charge in [0.2, 0.25) is 5.82 Å². The van der Waals surface area contributed by atoms with E-state index in [4.69, 9.17) is 0 Å². The summed E-state index contributed by atoms with van der Waals surface area (Å²) in [6.45, 7) is 0. The van der Waals surface area contributed by atoms with E-state index in [1.807, 2.05) is 5.43 Å². The van der Waals surface area contributed by atoms with E-state index in [2.05, 4.69) is 36.8 Å². The molecule has 5 nitrogen and oxygen atoms in total. The summed E-state index contributed by atoms with van der Waals surface area (Å²) in [4.78, 5) is 13.8. The number of hydrogen-bond donors (Lipinski definition) is 1. The molecule has 0 saturated carbocycles. The third kappa shape index (κ3) is 2.42. The van der Waals surface area contributed by atoms with E-state index in [1.165, 1.54) is 6.20 Å². The summed E-state index contributed by atoms with van der Waals surface area (Å²) in [5.41, 5.74) is 1.94. The normalized spacial score (nSPS) is 9.50. The van der Waals surface area contributed by atoms with Crippen LogP contribution in [0.4, 0.5) is 5.82 Å². The molecule has 0 spiro atoms. The van der Waals surface area contributed by atoms with E-state index in [0.717, 1.165) is 4.47 Å². The van der Waals surface area contributed by atoms with Crippen LogP contribution in [0, 0.1) is 10.1 Å². The first-order valence-electron chi connectivity index (χ1n) is 2.81. The van der Waals surface area contributed by atoms with Crippen LogP contribution in [0.15, 0.2) is 21.2 Å². The van der Waals surface area contributed by atoms with Crippen molar-refractivity contribution < 1.29 is 5.03 Å². The summed E-state index contributed by atoms with van der Waals surface area (Å²) >= 11 is 6.29. The quantitative estimate of drug-likeness (QED) is 0.671. The zero-order chi connectivity index (χ0) is 9.14. The third-order valence-corrected chi connectivity index (χ3v) is 2.04. The Hall–Kier alpha value is -0.690. The maximum absolute atomic E-state index is 10.0. The number of hydrazine groups is 1. The van der Waals surface area contributed by atoms with Crippen LogP contribution in [0.3, 0.4) is 0 Å². The van der Waals surface area contributed by atoms with Gasteiger partial charge in [-0.25, -0.2) is 15.1 Å². The monoisotopic (exact) mass is 295 g/mol. The number of hydrogen-bond acceptors (Lipinski definition) is 3. The van der Waals surface area contributed by atoms with E-state index < -0.39 is 5.03 Å². The second-order valence-corrected chi connectivity index (χ2v) is 3.62. The van der Waals surface area contributed by atoms with Gasteiger partial charge in [0.25, 0.3) is 0 Å². The molecule has 0 atom stereocenters. The van der Waals surface area contributed by atoms with Crippen LogP contribution in [0.2, 0.25) is 0 Å². The van der Waals surface area contributed by atoms with Crippen LogP contribution in [-0.2, 0) is 0 Å².